The van der Waals surface area contributed by atoms with Crippen molar-refractivity contribution in [3.05, 3.63) is 65.2 Å². The van der Waals surface area contributed by atoms with Gasteiger partial charge in [-0.2, -0.15) is 0 Å². The molecule has 5 nitrogen and oxygen atoms in total. The van der Waals surface area contributed by atoms with E-state index in [9.17, 15) is 9.59 Å². The van der Waals surface area contributed by atoms with Crippen molar-refractivity contribution in [3.8, 4) is 5.75 Å². The molecule has 2 aromatic rings. The molecule has 2 amide bonds. The van der Waals surface area contributed by atoms with Gasteiger partial charge in [0.25, 0.3) is 11.8 Å². The van der Waals surface area contributed by atoms with Gasteiger partial charge in [0, 0.05) is 36.8 Å². The topological polar surface area (TPSA) is 49.9 Å². The average molecular weight is 373 g/mol. The van der Waals surface area contributed by atoms with E-state index in [4.69, 9.17) is 16.3 Å². The van der Waals surface area contributed by atoms with Crippen LogP contribution in [0.25, 0.3) is 0 Å². The molecule has 1 fully saturated rings. The molecule has 1 saturated heterocycles. The van der Waals surface area contributed by atoms with Crippen molar-refractivity contribution < 1.29 is 14.3 Å². The Morgan fingerprint density at radius 2 is 1.50 bits per heavy atom. The summed E-state index contributed by atoms with van der Waals surface area (Å²) in [7, 11) is 0. The number of amides is 2. The molecule has 2 aromatic carbocycles. The molecule has 0 spiro atoms. The van der Waals surface area contributed by atoms with Crippen LogP contribution in [0.4, 0.5) is 0 Å². The number of benzene rings is 2. The van der Waals surface area contributed by atoms with Crippen LogP contribution in [0.2, 0.25) is 5.02 Å². The van der Waals surface area contributed by atoms with Gasteiger partial charge < -0.3 is 14.5 Å². The molecule has 136 valence electrons. The second-order valence-corrected chi connectivity index (χ2v) is 6.63. The van der Waals surface area contributed by atoms with Crippen LogP contribution in [0.3, 0.4) is 0 Å². The number of ether oxygens (including phenoxy) is 1. The minimum Gasteiger partial charge on any atom is -0.481 e. The Kier molecular flexibility index (Phi) is 5.78. The highest BCUT2D eigenvalue weighted by Crippen LogP contribution is 2.18. The van der Waals surface area contributed by atoms with E-state index in [0.29, 0.717) is 42.5 Å². The standard InChI is InChI=1S/C20H21ClN2O3/c1-15(26-18-9-7-17(21)8-10-18)19(24)22-11-13-23(14-12-22)20(25)16-5-3-2-4-6-16/h2-10,15H,11-14H2,1H3/t15-/m0/s1. The molecule has 1 aliphatic heterocycles. The van der Waals surface area contributed by atoms with E-state index in [1.165, 1.54) is 0 Å². The van der Waals surface area contributed by atoms with Gasteiger partial charge in [-0.1, -0.05) is 29.8 Å². The van der Waals surface area contributed by atoms with E-state index in [0.717, 1.165) is 0 Å². The number of carbonyl (C=O) groups is 2. The Balaban J connectivity index is 1.53. The highest BCUT2D eigenvalue weighted by Gasteiger charge is 2.28. The van der Waals surface area contributed by atoms with Crippen molar-refractivity contribution >= 4 is 23.4 Å². The van der Waals surface area contributed by atoms with Crippen molar-refractivity contribution in [1.82, 2.24) is 9.80 Å². The van der Waals surface area contributed by atoms with Crippen molar-refractivity contribution in [2.24, 2.45) is 0 Å². The van der Waals surface area contributed by atoms with Crippen molar-refractivity contribution in [2.75, 3.05) is 26.2 Å². The number of piperazine rings is 1. The number of hydrogen-bond acceptors (Lipinski definition) is 3. The Morgan fingerprint density at radius 3 is 2.12 bits per heavy atom. The van der Waals surface area contributed by atoms with Crippen molar-refractivity contribution in [1.29, 1.82) is 0 Å². The van der Waals surface area contributed by atoms with Crippen molar-refractivity contribution in [2.45, 2.75) is 13.0 Å². The third-order valence-corrected chi connectivity index (χ3v) is 4.63. The molecule has 0 saturated carbocycles. The van der Waals surface area contributed by atoms with Gasteiger partial charge >= 0.3 is 0 Å². The summed E-state index contributed by atoms with van der Waals surface area (Å²) in [6.07, 6.45) is -0.590. The summed E-state index contributed by atoms with van der Waals surface area (Å²) in [5.41, 5.74) is 0.673. The maximum absolute atomic E-state index is 12.6. The second-order valence-electron chi connectivity index (χ2n) is 6.20. The average Bonchev–Trinajstić information content (AvgIpc) is 2.69. The Bertz CT molecular complexity index is 756. The van der Waals surface area contributed by atoms with Gasteiger partial charge in [-0.05, 0) is 43.3 Å². The van der Waals surface area contributed by atoms with Crippen LogP contribution in [0, 0.1) is 0 Å². The maximum atomic E-state index is 12.6. The summed E-state index contributed by atoms with van der Waals surface area (Å²) in [6, 6.07) is 16.1. The molecule has 26 heavy (non-hydrogen) atoms. The minimum absolute atomic E-state index is 0.00293. The number of rotatable bonds is 4. The third-order valence-electron chi connectivity index (χ3n) is 4.37. The van der Waals surface area contributed by atoms with Crippen LogP contribution in [0.5, 0.6) is 5.75 Å². The zero-order chi connectivity index (χ0) is 18.5. The zero-order valence-electron chi connectivity index (χ0n) is 14.6. The lowest BCUT2D eigenvalue weighted by atomic mass is 10.2. The summed E-state index contributed by atoms with van der Waals surface area (Å²) in [4.78, 5) is 28.6. The summed E-state index contributed by atoms with van der Waals surface area (Å²) in [5, 5.41) is 0.621. The van der Waals surface area contributed by atoms with Gasteiger partial charge in [0.15, 0.2) is 6.10 Å². The fourth-order valence-corrected chi connectivity index (χ4v) is 3.04. The summed E-state index contributed by atoms with van der Waals surface area (Å²) < 4.78 is 5.70. The molecule has 0 radical (unpaired) electrons. The molecule has 1 aliphatic rings. The molecular weight excluding hydrogens is 352 g/mol. The number of halogens is 1. The molecule has 0 unspecified atom stereocenters. The van der Waals surface area contributed by atoms with Crippen LogP contribution < -0.4 is 4.74 Å². The lowest BCUT2D eigenvalue weighted by Gasteiger charge is -2.36. The van der Waals surface area contributed by atoms with Gasteiger partial charge in [0.1, 0.15) is 5.75 Å². The van der Waals surface area contributed by atoms with Gasteiger partial charge in [0.2, 0.25) is 0 Å². The van der Waals surface area contributed by atoms with E-state index in [2.05, 4.69) is 0 Å². The molecule has 0 aromatic heterocycles. The number of hydrogen-bond donors (Lipinski definition) is 0. The minimum atomic E-state index is -0.590. The van der Waals surface area contributed by atoms with E-state index < -0.39 is 6.10 Å². The van der Waals surface area contributed by atoms with Gasteiger partial charge in [-0.15, -0.1) is 0 Å². The van der Waals surface area contributed by atoms with E-state index in [1.54, 1.807) is 41.0 Å². The fraction of sp³-hybridized carbons (Fsp3) is 0.300. The molecule has 1 atom stereocenters. The Morgan fingerprint density at radius 1 is 0.923 bits per heavy atom. The lowest BCUT2D eigenvalue weighted by molar-refractivity contribution is -0.139. The van der Waals surface area contributed by atoms with E-state index in [1.807, 2.05) is 30.3 Å². The smallest absolute Gasteiger partial charge is 0.263 e. The lowest BCUT2D eigenvalue weighted by Crippen LogP contribution is -2.53. The van der Waals surface area contributed by atoms with E-state index >= 15 is 0 Å². The number of nitrogens with zero attached hydrogens (tertiary/aromatic N) is 2. The van der Waals surface area contributed by atoms with E-state index in [-0.39, 0.29) is 11.8 Å². The highest BCUT2D eigenvalue weighted by atomic mass is 35.5. The van der Waals surface area contributed by atoms with Crippen LogP contribution >= 0.6 is 11.6 Å². The van der Waals surface area contributed by atoms with Crippen LogP contribution in [-0.2, 0) is 4.79 Å². The predicted molar refractivity (Wildman–Crippen MR) is 100 cm³/mol. The fourth-order valence-electron chi connectivity index (χ4n) is 2.92. The first-order chi connectivity index (χ1) is 12.5. The van der Waals surface area contributed by atoms with Crippen LogP contribution in [0.15, 0.2) is 54.6 Å². The number of carbonyl (C=O) groups excluding carboxylic acids is 2. The van der Waals surface area contributed by atoms with Gasteiger partial charge in [-0.25, -0.2) is 0 Å². The monoisotopic (exact) mass is 372 g/mol. The first-order valence-corrected chi connectivity index (χ1v) is 8.98. The van der Waals surface area contributed by atoms with Crippen LogP contribution in [0.1, 0.15) is 17.3 Å². The largest absolute Gasteiger partial charge is 0.481 e. The zero-order valence-corrected chi connectivity index (χ0v) is 15.4. The predicted octanol–water partition coefficient (Wildman–Crippen LogP) is 3.09. The molecule has 3 rings (SSSR count). The molecule has 0 aliphatic carbocycles. The molecule has 6 heteroatoms. The molecule has 1 heterocycles. The highest BCUT2D eigenvalue weighted by molar-refractivity contribution is 6.30. The van der Waals surface area contributed by atoms with Gasteiger partial charge in [-0.3, -0.25) is 9.59 Å². The first-order valence-electron chi connectivity index (χ1n) is 8.60. The molecular formula is C20H21ClN2O3. The Hall–Kier alpha value is -2.53. The first kappa shape index (κ1) is 18.3. The van der Waals surface area contributed by atoms with Crippen molar-refractivity contribution in [3.63, 3.8) is 0 Å². The Labute approximate surface area is 158 Å². The normalized spacial score (nSPS) is 15.5. The van der Waals surface area contributed by atoms with Crippen LogP contribution in [-0.4, -0.2) is 53.9 Å². The summed E-state index contributed by atoms with van der Waals surface area (Å²) in [6.45, 7) is 3.79. The summed E-state index contributed by atoms with van der Waals surface area (Å²) >= 11 is 5.85. The summed E-state index contributed by atoms with van der Waals surface area (Å²) in [5.74, 6) is 0.531. The maximum Gasteiger partial charge on any atom is 0.263 e. The van der Waals surface area contributed by atoms with Gasteiger partial charge in [0.05, 0.1) is 0 Å². The quantitative estimate of drug-likeness (QED) is 0.828. The third kappa shape index (κ3) is 4.35. The second kappa shape index (κ2) is 8.23. The molecule has 0 N–H and O–H groups in total. The molecule has 0 bridgehead atoms. The SMILES string of the molecule is C[C@H](Oc1ccc(Cl)cc1)C(=O)N1CCN(C(=O)c2ccccc2)CC1.